The Hall–Kier alpha value is -1.77. The topological polar surface area (TPSA) is 96.4 Å². The molecule has 0 amide bonds. The third-order valence-corrected chi connectivity index (χ3v) is 5.08. The molecule has 0 spiro atoms. The Balaban J connectivity index is 2.27. The highest BCUT2D eigenvalue weighted by Crippen LogP contribution is 2.23. The molecule has 0 unspecified atom stereocenters. The molecule has 0 fully saturated rings. The monoisotopic (exact) mass is 370 g/mol. The number of aromatic nitrogens is 1. The fourth-order valence-electron chi connectivity index (χ4n) is 1.60. The van der Waals surface area contributed by atoms with E-state index in [9.17, 15) is 13.2 Å². The van der Waals surface area contributed by atoms with Crippen LogP contribution in [0.15, 0.2) is 52.1 Å². The molecular formula is C13H11BrN2O4S. The molecule has 0 saturated carbocycles. The quantitative estimate of drug-likeness (QED) is 0.838. The summed E-state index contributed by atoms with van der Waals surface area (Å²) in [5, 5.41) is 8.94. The number of hydrogen-bond donors (Lipinski definition) is 2. The summed E-state index contributed by atoms with van der Waals surface area (Å²) in [5.74, 6) is -1.19. The van der Waals surface area contributed by atoms with E-state index >= 15 is 0 Å². The number of nitrogens with zero attached hydrogens (tertiary/aromatic N) is 1. The normalized spacial score (nSPS) is 11.3. The van der Waals surface area contributed by atoms with E-state index in [4.69, 9.17) is 5.11 Å². The summed E-state index contributed by atoms with van der Waals surface area (Å²) >= 11 is 3.12. The SMILES string of the molecule is O=C(O)c1ccc(Br)c(S(=O)(=O)NCc2ccncc2)c1. The van der Waals surface area contributed by atoms with Crippen molar-refractivity contribution in [3.63, 3.8) is 0 Å². The minimum absolute atomic E-state index is 0.0919. The summed E-state index contributed by atoms with van der Waals surface area (Å²) < 4.78 is 27.2. The van der Waals surface area contributed by atoms with E-state index in [1.165, 1.54) is 12.1 Å². The first-order valence-electron chi connectivity index (χ1n) is 5.81. The van der Waals surface area contributed by atoms with Crippen LogP contribution in [0.3, 0.4) is 0 Å². The second-order valence-corrected chi connectivity index (χ2v) is 6.72. The van der Waals surface area contributed by atoms with Crippen LogP contribution in [0.4, 0.5) is 0 Å². The first kappa shape index (κ1) is 15.6. The minimum Gasteiger partial charge on any atom is -0.478 e. The van der Waals surface area contributed by atoms with E-state index in [-0.39, 0.29) is 17.0 Å². The zero-order chi connectivity index (χ0) is 15.5. The van der Waals surface area contributed by atoms with Crippen LogP contribution in [0.5, 0.6) is 0 Å². The van der Waals surface area contributed by atoms with Gasteiger partial charge in [0.05, 0.1) is 10.5 Å². The van der Waals surface area contributed by atoms with Gasteiger partial charge in [0.15, 0.2) is 0 Å². The van der Waals surface area contributed by atoms with Gasteiger partial charge in [-0.25, -0.2) is 17.9 Å². The molecule has 0 atom stereocenters. The molecule has 1 aromatic carbocycles. The van der Waals surface area contributed by atoms with E-state index in [2.05, 4.69) is 25.6 Å². The van der Waals surface area contributed by atoms with Gasteiger partial charge in [0, 0.05) is 23.4 Å². The van der Waals surface area contributed by atoms with Crippen molar-refractivity contribution in [3.05, 3.63) is 58.3 Å². The van der Waals surface area contributed by atoms with Crippen molar-refractivity contribution >= 4 is 31.9 Å². The number of nitrogens with one attached hydrogen (secondary N) is 1. The molecule has 0 bridgehead atoms. The lowest BCUT2D eigenvalue weighted by Crippen LogP contribution is -2.24. The van der Waals surface area contributed by atoms with Gasteiger partial charge in [0.2, 0.25) is 10.0 Å². The van der Waals surface area contributed by atoms with Crippen molar-refractivity contribution in [2.75, 3.05) is 0 Å². The second kappa shape index (κ2) is 6.33. The van der Waals surface area contributed by atoms with Gasteiger partial charge >= 0.3 is 5.97 Å². The van der Waals surface area contributed by atoms with Crippen molar-refractivity contribution in [3.8, 4) is 0 Å². The summed E-state index contributed by atoms with van der Waals surface area (Å²) in [4.78, 5) is 14.7. The molecule has 0 aliphatic rings. The highest BCUT2D eigenvalue weighted by Gasteiger charge is 2.19. The Bertz CT molecular complexity index is 763. The number of benzene rings is 1. The number of aromatic carboxylic acids is 1. The first-order chi connectivity index (χ1) is 9.90. The Morgan fingerprint density at radius 1 is 1.24 bits per heavy atom. The molecule has 6 nitrogen and oxygen atoms in total. The molecule has 0 saturated heterocycles. The summed E-state index contributed by atoms with van der Waals surface area (Å²) in [7, 11) is -3.83. The average molecular weight is 371 g/mol. The largest absolute Gasteiger partial charge is 0.478 e. The van der Waals surface area contributed by atoms with Crippen molar-refractivity contribution in [2.45, 2.75) is 11.4 Å². The molecule has 2 rings (SSSR count). The summed E-state index contributed by atoms with van der Waals surface area (Å²) in [5.41, 5.74) is 0.654. The summed E-state index contributed by atoms with van der Waals surface area (Å²) in [6.45, 7) is 0.0919. The second-order valence-electron chi connectivity index (χ2n) is 4.13. The molecule has 1 aromatic heterocycles. The molecule has 2 N–H and O–H groups in total. The number of hydrogen-bond acceptors (Lipinski definition) is 4. The standard InChI is InChI=1S/C13H11BrN2O4S/c14-11-2-1-10(13(17)18)7-12(11)21(19,20)16-8-9-3-5-15-6-4-9/h1-7,16H,8H2,(H,17,18). The lowest BCUT2D eigenvalue weighted by Gasteiger charge is -2.09. The number of sulfonamides is 1. The highest BCUT2D eigenvalue weighted by atomic mass is 79.9. The van der Waals surface area contributed by atoms with Crippen LogP contribution in [0.1, 0.15) is 15.9 Å². The fraction of sp³-hybridized carbons (Fsp3) is 0.0769. The number of carboxylic acid groups (broad SMARTS) is 1. The molecule has 0 aliphatic heterocycles. The molecular weight excluding hydrogens is 360 g/mol. The average Bonchev–Trinajstić information content (AvgIpc) is 2.46. The molecule has 0 radical (unpaired) electrons. The van der Waals surface area contributed by atoms with Gasteiger partial charge in [-0.1, -0.05) is 0 Å². The van der Waals surface area contributed by atoms with E-state index in [1.807, 2.05) is 0 Å². The van der Waals surface area contributed by atoms with Crippen LogP contribution in [0, 0.1) is 0 Å². The molecule has 8 heteroatoms. The van der Waals surface area contributed by atoms with Gasteiger partial charge in [-0.05, 0) is 51.8 Å². The van der Waals surface area contributed by atoms with E-state index in [0.29, 0.717) is 4.47 Å². The van der Waals surface area contributed by atoms with Gasteiger partial charge in [0.25, 0.3) is 0 Å². The van der Waals surface area contributed by atoms with Gasteiger partial charge in [-0.3, -0.25) is 4.98 Å². The Labute approximate surface area is 130 Å². The van der Waals surface area contributed by atoms with Gasteiger partial charge in [0.1, 0.15) is 0 Å². The predicted molar refractivity (Wildman–Crippen MR) is 79.4 cm³/mol. The number of rotatable bonds is 5. The van der Waals surface area contributed by atoms with Crippen molar-refractivity contribution in [1.29, 1.82) is 0 Å². The maximum Gasteiger partial charge on any atom is 0.335 e. The van der Waals surface area contributed by atoms with Crippen LogP contribution < -0.4 is 4.72 Å². The van der Waals surface area contributed by atoms with E-state index < -0.39 is 16.0 Å². The summed E-state index contributed by atoms with van der Waals surface area (Å²) in [6, 6.07) is 7.20. The van der Waals surface area contributed by atoms with Crippen LogP contribution in [-0.2, 0) is 16.6 Å². The number of pyridine rings is 1. The predicted octanol–water partition coefficient (Wildman–Crippen LogP) is 2.02. The maximum absolute atomic E-state index is 12.3. The van der Waals surface area contributed by atoms with Crippen molar-refractivity contribution in [2.24, 2.45) is 0 Å². The smallest absolute Gasteiger partial charge is 0.335 e. The molecule has 21 heavy (non-hydrogen) atoms. The Kier molecular flexibility index (Phi) is 4.71. The zero-order valence-electron chi connectivity index (χ0n) is 10.7. The number of carboxylic acids is 1. The van der Waals surface area contributed by atoms with Crippen LogP contribution in [0.25, 0.3) is 0 Å². The third-order valence-electron chi connectivity index (χ3n) is 2.68. The first-order valence-corrected chi connectivity index (χ1v) is 8.09. The lowest BCUT2D eigenvalue weighted by atomic mass is 10.2. The van der Waals surface area contributed by atoms with Gasteiger partial charge in [-0.2, -0.15) is 0 Å². The fourth-order valence-corrected chi connectivity index (χ4v) is 3.60. The van der Waals surface area contributed by atoms with E-state index in [1.54, 1.807) is 24.5 Å². The summed E-state index contributed by atoms with van der Waals surface area (Å²) in [6.07, 6.45) is 3.12. The Morgan fingerprint density at radius 2 is 1.90 bits per heavy atom. The zero-order valence-corrected chi connectivity index (χ0v) is 13.1. The van der Waals surface area contributed by atoms with Gasteiger partial charge < -0.3 is 5.11 Å². The van der Waals surface area contributed by atoms with Crippen LogP contribution in [-0.4, -0.2) is 24.5 Å². The van der Waals surface area contributed by atoms with E-state index in [0.717, 1.165) is 11.6 Å². The number of halogens is 1. The number of carbonyl (C=O) groups is 1. The molecule has 1 heterocycles. The third kappa shape index (κ3) is 3.87. The lowest BCUT2D eigenvalue weighted by molar-refractivity contribution is 0.0696. The van der Waals surface area contributed by atoms with Crippen LogP contribution >= 0.6 is 15.9 Å². The molecule has 0 aliphatic carbocycles. The maximum atomic E-state index is 12.3. The minimum atomic E-state index is -3.83. The highest BCUT2D eigenvalue weighted by molar-refractivity contribution is 9.10. The van der Waals surface area contributed by atoms with Gasteiger partial charge in [-0.15, -0.1) is 0 Å². The Morgan fingerprint density at radius 3 is 2.52 bits per heavy atom. The van der Waals surface area contributed by atoms with Crippen molar-refractivity contribution in [1.82, 2.24) is 9.71 Å². The molecule has 2 aromatic rings. The molecule has 110 valence electrons. The van der Waals surface area contributed by atoms with Crippen LogP contribution in [0.2, 0.25) is 0 Å². The van der Waals surface area contributed by atoms with Crippen molar-refractivity contribution < 1.29 is 18.3 Å².